The Labute approximate surface area is 107 Å². The van der Waals surface area contributed by atoms with Gasteiger partial charge in [0.25, 0.3) is 0 Å². The number of nitrogens with zero attached hydrogens (tertiary/aromatic N) is 4. The summed E-state index contributed by atoms with van der Waals surface area (Å²) in [5.41, 5.74) is 0. The van der Waals surface area contributed by atoms with Crippen molar-refractivity contribution in [2.75, 3.05) is 0 Å². The molecule has 1 aromatic rings. The summed E-state index contributed by atoms with van der Waals surface area (Å²) in [6.45, 7) is 4.06. The Bertz CT molecular complexity index is 489. The first-order valence-corrected chi connectivity index (χ1v) is 6.37. The van der Waals surface area contributed by atoms with Gasteiger partial charge in [-0.3, -0.25) is 9.59 Å². The minimum Gasteiger partial charge on any atom is -0.344 e. The van der Waals surface area contributed by atoms with Crippen LogP contribution in [0.1, 0.15) is 25.7 Å². The summed E-state index contributed by atoms with van der Waals surface area (Å²) in [6.07, 6.45) is 0.565. The van der Waals surface area contributed by atoms with Crippen molar-refractivity contribution in [2.45, 2.75) is 36.1 Å². The maximum Gasteiger partial charge on any atom is 0.249 e. The van der Waals surface area contributed by atoms with E-state index in [0.717, 1.165) is 0 Å². The van der Waals surface area contributed by atoms with Gasteiger partial charge in [0.05, 0.1) is 0 Å². The van der Waals surface area contributed by atoms with E-state index in [4.69, 9.17) is 0 Å². The number of hydrogen-bond donors (Lipinski definition) is 2. The first-order valence-electron chi connectivity index (χ1n) is 5.49. The van der Waals surface area contributed by atoms with Gasteiger partial charge >= 0.3 is 0 Å². The molecule has 8 nitrogen and oxygen atoms in total. The molecule has 18 heavy (non-hydrogen) atoms. The average molecular weight is 268 g/mol. The maximum atomic E-state index is 12.0. The first kappa shape index (κ1) is 11.5. The first-order chi connectivity index (χ1) is 8.56. The lowest BCUT2D eigenvalue weighted by Crippen LogP contribution is -2.66. The monoisotopic (exact) mass is 268 g/mol. The summed E-state index contributed by atoms with van der Waals surface area (Å²) in [4.78, 5) is 24.2. The molecular weight excluding hydrogens is 256 g/mol. The molecule has 96 valence electrons. The van der Waals surface area contributed by atoms with Gasteiger partial charge in [0.2, 0.25) is 12.3 Å². The molecule has 0 radical (unpaired) electrons. The highest BCUT2D eigenvalue weighted by Gasteiger charge is 2.62. The number of carbonyl (C=O) groups is 2. The van der Waals surface area contributed by atoms with Gasteiger partial charge in [0.15, 0.2) is 5.82 Å². The Balaban J connectivity index is 1.92. The van der Waals surface area contributed by atoms with Crippen LogP contribution in [0.5, 0.6) is 0 Å². The van der Waals surface area contributed by atoms with Crippen LogP contribution in [0.3, 0.4) is 0 Å². The van der Waals surface area contributed by atoms with Crippen molar-refractivity contribution in [1.29, 1.82) is 0 Å². The van der Waals surface area contributed by atoms with E-state index in [0.29, 0.717) is 12.2 Å². The quantitative estimate of drug-likeness (QED) is 0.541. The highest BCUT2D eigenvalue weighted by molar-refractivity contribution is 8.01. The minimum atomic E-state index is -0.441. The zero-order chi connectivity index (χ0) is 12.9. The van der Waals surface area contributed by atoms with Gasteiger partial charge < -0.3 is 10.2 Å². The van der Waals surface area contributed by atoms with E-state index in [9.17, 15) is 9.59 Å². The van der Waals surface area contributed by atoms with Gasteiger partial charge in [-0.2, -0.15) is 5.21 Å². The Morgan fingerprint density at radius 3 is 2.94 bits per heavy atom. The van der Waals surface area contributed by atoms with E-state index in [1.165, 1.54) is 0 Å². The van der Waals surface area contributed by atoms with Crippen molar-refractivity contribution in [3.05, 3.63) is 5.82 Å². The molecule has 0 bridgehead atoms. The zero-order valence-corrected chi connectivity index (χ0v) is 10.6. The molecule has 3 atom stereocenters. The predicted octanol–water partition coefficient (Wildman–Crippen LogP) is -0.951. The fourth-order valence-electron chi connectivity index (χ4n) is 2.54. The highest BCUT2D eigenvalue weighted by atomic mass is 32.2. The number of aromatic nitrogens is 4. The van der Waals surface area contributed by atoms with Crippen molar-refractivity contribution in [3.8, 4) is 0 Å². The van der Waals surface area contributed by atoms with Crippen LogP contribution in [0.4, 0.5) is 0 Å². The van der Waals surface area contributed by atoms with Crippen LogP contribution in [-0.2, 0) is 9.59 Å². The summed E-state index contributed by atoms with van der Waals surface area (Å²) in [7, 11) is 0. The van der Waals surface area contributed by atoms with Gasteiger partial charge in [-0.15, -0.1) is 22.0 Å². The van der Waals surface area contributed by atoms with E-state index in [1.54, 1.807) is 16.7 Å². The van der Waals surface area contributed by atoms with E-state index in [1.807, 2.05) is 13.8 Å². The third-order valence-corrected chi connectivity index (χ3v) is 4.87. The lowest BCUT2D eigenvalue weighted by atomic mass is 9.95. The lowest BCUT2D eigenvalue weighted by Gasteiger charge is -2.43. The van der Waals surface area contributed by atoms with Crippen molar-refractivity contribution in [2.24, 2.45) is 0 Å². The smallest absolute Gasteiger partial charge is 0.249 e. The molecule has 2 aliphatic heterocycles. The average Bonchev–Trinajstić information content (AvgIpc) is 2.90. The van der Waals surface area contributed by atoms with E-state index in [2.05, 4.69) is 25.9 Å². The van der Waals surface area contributed by atoms with Crippen molar-refractivity contribution in [1.82, 2.24) is 30.8 Å². The summed E-state index contributed by atoms with van der Waals surface area (Å²) in [6, 6.07) is -0.660. The van der Waals surface area contributed by atoms with Gasteiger partial charge in [-0.25, -0.2) is 0 Å². The fourth-order valence-corrected chi connectivity index (χ4v) is 4.18. The molecule has 0 spiro atoms. The second kappa shape index (κ2) is 3.67. The largest absolute Gasteiger partial charge is 0.344 e. The SMILES string of the molecule is CC1(C)S[C@@H]2C(NC=O)C(=O)N2C1c1nn[nH]n1. The number of fused-ring (bicyclic) bond motifs is 1. The van der Waals surface area contributed by atoms with Crippen molar-refractivity contribution in [3.63, 3.8) is 0 Å². The van der Waals surface area contributed by atoms with E-state index < -0.39 is 6.04 Å². The second-order valence-electron chi connectivity index (χ2n) is 4.79. The topological polar surface area (TPSA) is 104 Å². The normalized spacial score (nSPS) is 32.9. The number of rotatable bonds is 3. The van der Waals surface area contributed by atoms with Gasteiger partial charge in [-0.05, 0) is 13.8 Å². The molecule has 0 aromatic carbocycles. The Kier molecular flexibility index (Phi) is 2.34. The molecule has 0 saturated carbocycles. The van der Waals surface area contributed by atoms with Crippen LogP contribution in [0.2, 0.25) is 0 Å². The summed E-state index contributed by atoms with van der Waals surface area (Å²) in [5.74, 6) is 0.410. The number of hydrogen-bond acceptors (Lipinski definition) is 6. The number of thioether (sulfide) groups is 1. The number of H-pyrrole nitrogens is 1. The number of nitrogens with one attached hydrogen (secondary N) is 2. The zero-order valence-electron chi connectivity index (χ0n) is 9.82. The minimum absolute atomic E-state index is 0.0544. The van der Waals surface area contributed by atoms with E-state index >= 15 is 0 Å². The number of amides is 2. The third kappa shape index (κ3) is 1.36. The molecule has 2 unspecified atom stereocenters. The van der Waals surface area contributed by atoms with Gasteiger partial charge in [0, 0.05) is 4.75 Å². The Morgan fingerprint density at radius 2 is 2.33 bits per heavy atom. The van der Waals surface area contributed by atoms with Crippen molar-refractivity contribution < 1.29 is 9.59 Å². The molecule has 2 fully saturated rings. The van der Waals surface area contributed by atoms with Crippen LogP contribution in [0.15, 0.2) is 0 Å². The summed E-state index contributed by atoms with van der Waals surface area (Å²) >= 11 is 1.64. The van der Waals surface area contributed by atoms with Gasteiger partial charge in [-0.1, -0.05) is 5.21 Å². The van der Waals surface area contributed by atoms with Crippen LogP contribution in [-0.4, -0.2) is 54.0 Å². The molecule has 3 heterocycles. The van der Waals surface area contributed by atoms with Crippen LogP contribution < -0.4 is 5.32 Å². The molecule has 0 aliphatic carbocycles. The molecule has 2 amide bonds. The van der Waals surface area contributed by atoms with Crippen LogP contribution in [0.25, 0.3) is 0 Å². The van der Waals surface area contributed by atoms with Crippen LogP contribution >= 0.6 is 11.8 Å². The standard InChI is InChI=1S/C9H12N6O2S/c1-9(2)5(6-11-13-14-12-6)15-7(17)4(10-3-16)8(15)18-9/h3-5,8H,1-2H3,(H,10,16)(H,11,12,13,14)/t4?,5?,8-/m1/s1. The molecular formula is C9H12N6O2S. The summed E-state index contributed by atoms with van der Waals surface area (Å²) in [5, 5.41) is 16.4. The number of β-lactam (4-membered cyclic amide) rings is 1. The Morgan fingerprint density at radius 1 is 1.56 bits per heavy atom. The molecule has 2 N–H and O–H groups in total. The summed E-state index contributed by atoms with van der Waals surface area (Å²) < 4.78 is -0.219. The number of tetrazole rings is 1. The van der Waals surface area contributed by atoms with Gasteiger partial charge in [0.1, 0.15) is 17.5 Å². The van der Waals surface area contributed by atoms with Crippen LogP contribution in [0, 0.1) is 0 Å². The third-order valence-electron chi connectivity index (χ3n) is 3.29. The fraction of sp³-hybridized carbons (Fsp3) is 0.667. The van der Waals surface area contributed by atoms with Crippen molar-refractivity contribution >= 4 is 24.1 Å². The highest BCUT2D eigenvalue weighted by Crippen LogP contribution is 2.56. The van der Waals surface area contributed by atoms with E-state index in [-0.39, 0.29) is 22.1 Å². The Hall–Kier alpha value is -1.64. The maximum absolute atomic E-state index is 12.0. The lowest BCUT2D eigenvalue weighted by molar-refractivity contribution is -0.150. The molecule has 9 heteroatoms. The second-order valence-corrected chi connectivity index (χ2v) is 6.56. The number of aromatic amines is 1. The molecule has 1 aromatic heterocycles. The molecule has 3 rings (SSSR count). The predicted molar refractivity (Wildman–Crippen MR) is 62.2 cm³/mol. The molecule has 2 saturated heterocycles. The molecule has 2 aliphatic rings. The number of carbonyl (C=O) groups excluding carboxylic acids is 2.